The molecule has 1 heterocycles. The number of nitrogens with two attached hydrogens (primary N) is 1. The highest BCUT2D eigenvalue weighted by Crippen LogP contribution is 2.24. The van der Waals surface area contributed by atoms with Crippen LogP contribution < -0.4 is 11.1 Å². The van der Waals surface area contributed by atoms with Gasteiger partial charge >= 0.3 is 0 Å². The fraction of sp³-hybridized carbons (Fsp3) is 0.333. The van der Waals surface area contributed by atoms with Gasteiger partial charge in [0.15, 0.2) is 5.13 Å². The summed E-state index contributed by atoms with van der Waals surface area (Å²) in [6.07, 6.45) is 0.692. The molecule has 0 aliphatic heterocycles. The SMILES string of the molecule is CC[C@@H](CO)NC(=O)c1ccc2nc(N)sc2c1. The number of rotatable bonds is 4. The van der Waals surface area contributed by atoms with Crippen molar-refractivity contribution in [2.75, 3.05) is 12.3 Å². The van der Waals surface area contributed by atoms with Crippen LogP contribution in [0.25, 0.3) is 10.2 Å². The Kier molecular flexibility index (Phi) is 3.78. The van der Waals surface area contributed by atoms with Crippen molar-refractivity contribution < 1.29 is 9.90 Å². The summed E-state index contributed by atoms with van der Waals surface area (Å²) in [5.74, 6) is -0.190. The van der Waals surface area contributed by atoms with Gasteiger partial charge in [-0.15, -0.1) is 0 Å². The first-order valence-corrected chi connectivity index (χ1v) is 6.53. The molecule has 0 unspecified atom stereocenters. The fourth-order valence-corrected chi connectivity index (χ4v) is 2.40. The zero-order valence-electron chi connectivity index (χ0n) is 10.0. The van der Waals surface area contributed by atoms with Crippen LogP contribution in [0.4, 0.5) is 5.13 Å². The molecule has 2 rings (SSSR count). The predicted molar refractivity (Wildman–Crippen MR) is 72.7 cm³/mol. The van der Waals surface area contributed by atoms with Crippen molar-refractivity contribution >= 4 is 32.6 Å². The minimum absolute atomic E-state index is 0.0575. The number of nitrogens with zero attached hydrogens (tertiary/aromatic N) is 1. The second kappa shape index (κ2) is 5.32. The molecule has 1 aromatic heterocycles. The van der Waals surface area contributed by atoms with Crippen LogP contribution in [0.3, 0.4) is 0 Å². The van der Waals surface area contributed by atoms with Crippen molar-refractivity contribution in [3.05, 3.63) is 23.8 Å². The monoisotopic (exact) mass is 265 g/mol. The molecule has 0 spiro atoms. The number of aromatic nitrogens is 1. The molecule has 0 aliphatic rings. The molecular formula is C12H15N3O2S. The fourth-order valence-electron chi connectivity index (χ4n) is 1.63. The number of benzene rings is 1. The Labute approximate surface area is 109 Å². The summed E-state index contributed by atoms with van der Waals surface area (Å²) in [5, 5.41) is 12.3. The number of carbonyl (C=O) groups is 1. The van der Waals surface area contributed by atoms with Crippen LogP contribution in [-0.4, -0.2) is 28.6 Å². The van der Waals surface area contributed by atoms with Gasteiger partial charge in [0.25, 0.3) is 5.91 Å². The number of aliphatic hydroxyl groups is 1. The van der Waals surface area contributed by atoms with Crippen LogP contribution in [0.15, 0.2) is 18.2 Å². The van der Waals surface area contributed by atoms with Crippen molar-refractivity contribution in [2.45, 2.75) is 19.4 Å². The summed E-state index contributed by atoms with van der Waals surface area (Å²) >= 11 is 1.35. The standard InChI is InChI=1S/C12H15N3O2S/c1-2-8(6-16)14-11(17)7-3-4-9-10(5-7)18-12(13)15-9/h3-5,8,16H,2,6H2,1H3,(H2,13,15)(H,14,17)/t8-/m0/s1. The second-order valence-corrected chi connectivity index (χ2v) is 5.06. The van der Waals surface area contributed by atoms with Gasteiger partial charge in [0.2, 0.25) is 0 Å². The second-order valence-electron chi connectivity index (χ2n) is 4.00. The lowest BCUT2D eigenvalue weighted by Gasteiger charge is -2.13. The summed E-state index contributed by atoms with van der Waals surface area (Å²) in [5.41, 5.74) is 6.96. The predicted octanol–water partition coefficient (Wildman–Crippen LogP) is 1.38. The maximum Gasteiger partial charge on any atom is 0.251 e. The molecule has 2 aromatic rings. The Morgan fingerprint density at radius 3 is 3.06 bits per heavy atom. The average Bonchev–Trinajstić information content (AvgIpc) is 2.74. The number of nitrogens with one attached hydrogen (secondary N) is 1. The lowest BCUT2D eigenvalue weighted by molar-refractivity contribution is 0.0915. The minimum atomic E-state index is -0.209. The van der Waals surface area contributed by atoms with E-state index >= 15 is 0 Å². The van der Waals surface area contributed by atoms with E-state index in [-0.39, 0.29) is 18.6 Å². The van der Waals surface area contributed by atoms with Crippen molar-refractivity contribution in [2.24, 2.45) is 0 Å². The topological polar surface area (TPSA) is 88.2 Å². The van der Waals surface area contributed by atoms with Gasteiger partial charge in [-0.05, 0) is 24.6 Å². The normalized spacial score (nSPS) is 12.6. The largest absolute Gasteiger partial charge is 0.394 e. The van der Waals surface area contributed by atoms with Gasteiger partial charge in [-0.3, -0.25) is 4.79 Å². The number of thiazole rings is 1. The molecule has 0 aliphatic carbocycles. The van der Waals surface area contributed by atoms with Crippen LogP contribution >= 0.6 is 11.3 Å². The van der Waals surface area contributed by atoms with Crippen molar-refractivity contribution in [1.82, 2.24) is 10.3 Å². The van der Waals surface area contributed by atoms with Gasteiger partial charge in [-0.25, -0.2) is 4.98 Å². The first kappa shape index (κ1) is 12.8. The highest BCUT2D eigenvalue weighted by Gasteiger charge is 2.12. The maximum absolute atomic E-state index is 12.0. The molecular weight excluding hydrogens is 250 g/mol. The lowest BCUT2D eigenvalue weighted by Crippen LogP contribution is -2.36. The number of anilines is 1. The van der Waals surface area contributed by atoms with Crippen LogP contribution in [0, 0.1) is 0 Å². The quantitative estimate of drug-likeness (QED) is 0.779. The Morgan fingerprint density at radius 2 is 2.39 bits per heavy atom. The van der Waals surface area contributed by atoms with E-state index in [1.54, 1.807) is 18.2 Å². The molecule has 6 heteroatoms. The van der Waals surface area contributed by atoms with Gasteiger partial charge in [-0.1, -0.05) is 18.3 Å². The van der Waals surface area contributed by atoms with Crippen LogP contribution in [0.5, 0.6) is 0 Å². The minimum Gasteiger partial charge on any atom is -0.394 e. The molecule has 1 atom stereocenters. The number of aliphatic hydroxyl groups excluding tert-OH is 1. The average molecular weight is 265 g/mol. The Balaban J connectivity index is 2.22. The van der Waals surface area contributed by atoms with Crippen molar-refractivity contribution in [3.63, 3.8) is 0 Å². The Morgan fingerprint density at radius 1 is 1.61 bits per heavy atom. The molecule has 0 saturated carbocycles. The van der Waals surface area contributed by atoms with E-state index in [1.807, 2.05) is 6.92 Å². The third-order valence-electron chi connectivity index (χ3n) is 2.72. The highest BCUT2D eigenvalue weighted by atomic mass is 32.1. The maximum atomic E-state index is 12.0. The molecule has 96 valence electrons. The molecule has 1 amide bonds. The van der Waals surface area contributed by atoms with E-state index in [4.69, 9.17) is 10.8 Å². The molecule has 0 saturated heterocycles. The number of hydrogen-bond donors (Lipinski definition) is 3. The summed E-state index contributed by atoms with van der Waals surface area (Å²) < 4.78 is 0.886. The number of amides is 1. The van der Waals surface area contributed by atoms with Crippen molar-refractivity contribution in [1.29, 1.82) is 0 Å². The van der Waals surface area contributed by atoms with Crippen LogP contribution in [0.2, 0.25) is 0 Å². The zero-order valence-corrected chi connectivity index (χ0v) is 10.8. The van der Waals surface area contributed by atoms with Crippen LogP contribution in [0.1, 0.15) is 23.7 Å². The van der Waals surface area contributed by atoms with Gasteiger partial charge < -0.3 is 16.2 Å². The summed E-state index contributed by atoms with van der Waals surface area (Å²) in [7, 11) is 0. The third-order valence-corrected chi connectivity index (χ3v) is 3.56. The van der Waals surface area contributed by atoms with E-state index in [2.05, 4.69) is 10.3 Å². The van der Waals surface area contributed by atoms with Crippen LogP contribution in [-0.2, 0) is 0 Å². The van der Waals surface area contributed by atoms with Crippen molar-refractivity contribution in [3.8, 4) is 0 Å². The Bertz CT molecular complexity index is 563. The Hall–Kier alpha value is -1.66. The molecule has 0 bridgehead atoms. The van der Waals surface area contributed by atoms with E-state index in [0.717, 1.165) is 10.2 Å². The first-order valence-electron chi connectivity index (χ1n) is 5.71. The number of fused-ring (bicyclic) bond motifs is 1. The highest BCUT2D eigenvalue weighted by molar-refractivity contribution is 7.22. The molecule has 0 radical (unpaired) electrons. The molecule has 4 N–H and O–H groups in total. The summed E-state index contributed by atoms with van der Waals surface area (Å²) in [4.78, 5) is 16.1. The molecule has 1 aromatic carbocycles. The van der Waals surface area contributed by atoms with E-state index in [0.29, 0.717) is 17.1 Å². The number of hydrogen-bond acceptors (Lipinski definition) is 5. The summed E-state index contributed by atoms with van der Waals surface area (Å²) in [6.45, 7) is 1.85. The van der Waals surface area contributed by atoms with Gasteiger partial charge in [-0.2, -0.15) is 0 Å². The first-order chi connectivity index (χ1) is 8.63. The number of nitrogen functional groups attached to an aromatic ring is 1. The van der Waals surface area contributed by atoms with Gasteiger partial charge in [0, 0.05) is 5.56 Å². The third kappa shape index (κ3) is 2.60. The molecule has 5 nitrogen and oxygen atoms in total. The zero-order chi connectivity index (χ0) is 13.1. The number of carbonyl (C=O) groups excluding carboxylic acids is 1. The molecule has 18 heavy (non-hydrogen) atoms. The smallest absolute Gasteiger partial charge is 0.251 e. The molecule has 0 fully saturated rings. The van der Waals surface area contributed by atoms with Gasteiger partial charge in [0.05, 0.1) is 22.9 Å². The van der Waals surface area contributed by atoms with E-state index < -0.39 is 0 Å². The van der Waals surface area contributed by atoms with Gasteiger partial charge in [0.1, 0.15) is 0 Å². The van der Waals surface area contributed by atoms with E-state index in [9.17, 15) is 4.79 Å². The summed E-state index contributed by atoms with van der Waals surface area (Å²) in [6, 6.07) is 5.04. The lowest BCUT2D eigenvalue weighted by atomic mass is 10.1. The van der Waals surface area contributed by atoms with E-state index in [1.165, 1.54) is 11.3 Å².